The summed E-state index contributed by atoms with van der Waals surface area (Å²) in [7, 11) is 0. The smallest absolute Gasteiger partial charge is 0.159 e. The zero-order valence-electron chi connectivity index (χ0n) is 15.5. The van der Waals surface area contributed by atoms with Crippen LogP contribution in [0.1, 0.15) is 0 Å². The largest absolute Gasteiger partial charge is 0.353 e. The third-order valence-electron chi connectivity index (χ3n) is 5.05. The van der Waals surface area contributed by atoms with Crippen LogP contribution < -0.4 is 10.2 Å². The fraction of sp³-hybridized carbons (Fsp3) is 0.190. The van der Waals surface area contributed by atoms with Crippen LogP contribution in [0.4, 0.5) is 14.6 Å². The second-order valence-corrected chi connectivity index (χ2v) is 6.87. The molecule has 0 amide bonds. The van der Waals surface area contributed by atoms with E-state index in [9.17, 15) is 8.78 Å². The van der Waals surface area contributed by atoms with Gasteiger partial charge in [0.05, 0.1) is 5.69 Å². The number of hydrogen-bond acceptors (Lipinski definition) is 5. The van der Waals surface area contributed by atoms with Gasteiger partial charge in [-0.05, 0) is 42.5 Å². The quantitative estimate of drug-likeness (QED) is 0.581. The lowest BCUT2D eigenvalue weighted by Crippen LogP contribution is -2.44. The van der Waals surface area contributed by atoms with Gasteiger partial charge >= 0.3 is 0 Å². The Balaban J connectivity index is 1.72. The molecule has 0 bridgehead atoms. The van der Waals surface area contributed by atoms with Gasteiger partial charge in [-0.3, -0.25) is 4.98 Å². The Morgan fingerprint density at radius 1 is 0.862 bits per heavy atom. The maximum absolute atomic E-state index is 13.9. The first kappa shape index (κ1) is 17.7. The number of rotatable bonds is 3. The number of anilines is 1. The molecule has 0 saturated carbocycles. The highest BCUT2D eigenvalue weighted by atomic mass is 19.2. The maximum atomic E-state index is 13.9. The van der Waals surface area contributed by atoms with E-state index in [1.54, 1.807) is 16.9 Å². The lowest BCUT2D eigenvalue weighted by molar-refractivity contribution is 0.509. The average molecular weight is 392 g/mol. The van der Waals surface area contributed by atoms with E-state index in [-0.39, 0.29) is 0 Å². The lowest BCUT2D eigenvalue weighted by atomic mass is 10.1. The molecule has 1 fully saturated rings. The Labute approximate surface area is 165 Å². The summed E-state index contributed by atoms with van der Waals surface area (Å²) < 4.78 is 29.2. The highest BCUT2D eigenvalue weighted by Gasteiger charge is 2.20. The van der Waals surface area contributed by atoms with Crippen molar-refractivity contribution in [3.63, 3.8) is 0 Å². The van der Waals surface area contributed by atoms with Gasteiger partial charge in [0, 0.05) is 49.7 Å². The topological polar surface area (TPSA) is 58.4 Å². The summed E-state index contributed by atoms with van der Waals surface area (Å²) in [6.07, 6.45) is 3.37. The van der Waals surface area contributed by atoms with Crippen molar-refractivity contribution in [3.8, 4) is 22.5 Å². The van der Waals surface area contributed by atoms with Gasteiger partial charge in [-0.1, -0.05) is 0 Å². The number of hydrogen-bond donors (Lipinski definition) is 1. The Bertz CT molecular complexity index is 1170. The van der Waals surface area contributed by atoms with Crippen LogP contribution in [0, 0.1) is 11.6 Å². The second kappa shape index (κ2) is 7.21. The minimum atomic E-state index is -0.908. The van der Waals surface area contributed by atoms with Crippen molar-refractivity contribution in [2.75, 3.05) is 31.1 Å². The molecule has 1 N–H and O–H groups in total. The molecule has 1 aliphatic heterocycles. The van der Waals surface area contributed by atoms with Crippen LogP contribution in [0.5, 0.6) is 0 Å². The van der Waals surface area contributed by atoms with Crippen LogP contribution >= 0.6 is 0 Å². The van der Waals surface area contributed by atoms with Gasteiger partial charge in [0.1, 0.15) is 11.5 Å². The number of aromatic nitrogens is 4. The highest BCUT2D eigenvalue weighted by molar-refractivity contribution is 5.81. The van der Waals surface area contributed by atoms with E-state index < -0.39 is 11.6 Å². The molecule has 4 heterocycles. The van der Waals surface area contributed by atoms with E-state index in [1.807, 2.05) is 24.3 Å². The third kappa shape index (κ3) is 3.21. The number of piperazine rings is 1. The van der Waals surface area contributed by atoms with E-state index in [4.69, 9.17) is 5.10 Å². The zero-order valence-corrected chi connectivity index (χ0v) is 15.5. The van der Waals surface area contributed by atoms with Crippen molar-refractivity contribution in [3.05, 3.63) is 66.5 Å². The Hall–Kier alpha value is -3.39. The molecule has 1 saturated heterocycles. The highest BCUT2D eigenvalue weighted by Crippen LogP contribution is 2.33. The monoisotopic (exact) mass is 392 g/mol. The molecule has 8 heteroatoms. The SMILES string of the molecule is Fc1ccc(-c2nc3ccc(N4CCNCC4)nn3c2-c2ccncc2)cc1F. The first-order valence-electron chi connectivity index (χ1n) is 9.42. The summed E-state index contributed by atoms with van der Waals surface area (Å²) in [6, 6.07) is 11.4. The molecule has 1 aliphatic rings. The average Bonchev–Trinajstić information content (AvgIpc) is 3.15. The molecule has 0 unspecified atom stereocenters. The molecule has 5 rings (SSSR count). The first-order chi connectivity index (χ1) is 14.2. The van der Waals surface area contributed by atoms with Gasteiger partial charge in [0.15, 0.2) is 17.3 Å². The molecule has 29 heavy (non-hydrogen) atoms. The fourth-order valence-corrected chi connectivity index (χ4v) is 3.60. The number of imidazole rings is 1. The summed E-state index contributed by atoms with van der Waals surface area (Å²) >= 11 is 0. The zero-order chi connectivity index (χ0) is 19.8. The first-order valence-corrected chi connectivity index (χ1v) is 9.42. The molecular formula is C21H18F2N6. The summed E-state index contributed by atoms with van der Waals surface area (Å²) in [6.45, 7) is 3.55. The van der Waals surface area contributed by atoms with Crippen molar-refractivity contribution in [1.82, 2.24) is 24.9 Å². The minimum absolute atomic E-state index is 0.491. The van der Waals surface area contributed by atoms with Gasteiger partial charge in [0.2, 0.25) is 0 Å². The van der Waals surface area contributed by atoms with Gasteiger partial charge < -0.3 is 10.2 Å². The normalized spacial score (nSPS) is 14.5. The van der Waals surface area contributed by atoms with Crippen LogP contribution in [0.3, 0.4) is 0 Å². The molecule has 146 valence electrons. The summed E-state index contributed by atoms with van der Waals surface area (Å²) in [4.78, 5) is 11.0. The molecule has 3 aromatic heterocycles. The molecule has 1 aromatic carbocycles. The van der Waals surface area contributed by atoms with E-state index >= 15 is 0 Å². The van der Waals surface area contributed by atoms with Gasteiger partial charge in [-0.15, -0.1) is 5.10 Å². The predicted molar refractivity (Wildman–Crippen MR) is 107 cm³/mol. The number of halogens is 2. The van der Waals surface area contributed by atoms with Crippen molar-refractivity contribution in [2.24, 2.45) is 0 Å². The Kier molecular flexibility index (Phi) is 4.40. The maximum Gasteiger partial charge on any atom is 0.159 e. The Morgan fingerprint density at radius 2 is 1.66 bits per heavy atom. The van der Waals surface area contributed by atoms with E-state index in [0.717, 1.165) is 43.6 Å². The molecule has 0 atom stereocenters. The van der Waals surface area contributed by atoms with Gasteiger partial charge in [-0.2, -0.15) is 0 Å². The van der Waals surface area contributed by atoms with Crippen LogP contribution in [-0.4, -0.2) is 45.8 Å². The molecule has 4 aromatic rings. The number of benzene rings is 1. The van der Waals surface area contributed by atoms with Crippen LogP contribution in [0.15, 0.2) is 54.9 Å². The lowest BCUT2D eigenvalue weighted by Gasteiger charge is -2.28. The minimum Gasteiger partial charge on any atom is -0.353 e. The number of nitrogens with zero attached hydrogens (tertiary/aromatic N) is 5. The van der Waals surface area contributed by atoms with E-state index in [2.05, 4.69) is 20.2 Å². The fourth-order valence-electron chi connectivity index (χ4n) is 3.60. The van der Waals surface area contributed by atoms with Crippen molar-refractivity contribution >= 4 is 11.5 Å². The summed E-state index contributed by atoms with van der Waals surface area (Å²) in [5.41, 5.74) is 3.23. The van der Waals surface area contributed by atoms with Crippen LogP contribution in [0.2, 0.25) is 0 Å². The van der Waals surface area contributed by atoms with Crippen molar-refractivity contribution in [2.45, 2.75) is 0 Å². The van der Waals surface area contributed by atoms with Crippen molar-refractivity contribution in [1.29, 1.82) is 0 Å². The van der Waals surface area contributed by atoms with Gasteiger partial charge in [-0.25, -0.2) is 18.3 Å². The number of pyridine rings is 1. The van der Waals surface area contributed by atoms with Crippen LogP contribution in [-0.2, 0) is 0 Å². The van der Waals surface area contributed by atoms with Crippen LogP contribution in [0.25, 0.3) is 28.2 Å². The molecule has 0 spiro atoms. The van der Waals surface area contributed by atoms with Gasteiger partial charge in [0.25, 0.3) is 0 Å². The Morgan fingerprint density at radius 3 is 2.41 bits per heavy atom. The van der Waals surface area contributed by atoms with E-state index in [1.165, 1.54) is 12.1 Å². The van der Waals surface area contributed by atoms with Crippen molar-refractivity contribution < 1.29 is 8.78 Å². The predicted octanol–water partition coefficient (Wildman–Crippen LogP) is 3.15. The number of fused-ring (bicyclic) bond motifs is 1. The standard InChI is InChI=1S/C21H18F2N6/c22-16-2-1-15(13-17(16)23)20-21(14-5-7-24-8-6-14)29-18(26-20)3-4-19(27-29)28-11-9-25-10-12-28/h1-8,13,25H,9-12H2. The number of nitrogens with one attached hydrogen (secondary N) is 1. The third-order valence-corrected chi connectivity index (χ3v) is 5.05. The summed E-state index contributed by atoms with van der Waals surface area (Å²) in [5, 5.41) is 8.16. The molecule has 0 radical (unpaired) electrons. The molecule has 0 aliphatic carbocycles. The molecule has 6 nitrogen and oxygen atoms in total. The second-order valence-electron chi connectivity index (χ2n) is 6.87. The van der Waals surface area contributed by atoms with E-state index in [0.29, 0.717) is 22.6 Å². The summed E-state index contributed by atoms with van der Waals surface area (Å²) in [5.74, 6) is -0.944. The molecular weight excluding hydrogens is 374 g/mol.